The molecule has 47 heavy (non-hydrogen) atoms. The molecule has 0 aliphatic rings. The minimum atomic E-state index is 0.0115. The quantitative estimate of drug-likeness (QED) is 0.193. The Bertz CT molecular complexity index is 2310. The second kappa shape index (κ2) is 11.3. The van der Waals surface area contributed by atoms with E-state index in [1.165, 1.54) is 38.8 Å². The highest BCUT2D eigenvalue weighted by molar-refractivity contribution is 6.09. The van der Waals surface area contributed by atoms with Gasteiger partial charge in [0, 0.05) is 40.4 Å². The molecule has 7 rings (SSSR count). The van der Waals surface area contributed by atoms with Gasteiger partial charge in [0.25, 0.3) is 0 Å². The van der Waals surface area contributed by atoms with Crippen molar-refractivity contribution in [2.24, 2.45) is 0 Å². The summed E-state index contributed by atoms with van der Waals surface area (Å²) in [5.41, 5.74) is 13.9. The van der Waals surface area contributed by atoms with E-state index in [1.54, 1.807) is 0 Å². The molecule has 0 bridgehead atoms. The first-order valence-electron chi connectivity index (χ1n) is 16.3. The number of nitrogens with zero attached hydrogens (tertiary/aromatic N) is 4. The van der Waals surface area contributed by atoms with Gasteiger partial charge in [0.2, 0.25) is 0 Å². The van der Waals surface area contributed by atoms with Gasteiger partial charge in [-0.1, -0.05) is 56.7 Å². The molecule has 0 aliphatic carbocycles. The van der Waals surface area contributed by atoms with Crippen molar-refractivity contribution in [1.82, 2.24) is 19.3 Å². The lowest BCUT2D eigenvalue weighted by Crippen LogP contribution is -2.12. The van der Waals surface area contributed by atoms with Crippen molar-refractivity contribution in [3.8, 4) is 34.1 Å². The maximum absolute atomic E-state index is 6.63. The van der Waals surface area contributed by atoms with E-state index in [4.69, 9.17) is 14.8 Å². The molecule has 3 heterocycles. The summed E-state index contributed by atoms with van der Waals surface area (Å²) >= 11 is 0. The van der Waals surface area contributed by atoms with Gasteiger partial charge in [-0.2, -0.15) is 5.10 Å². The molecule has 0 N–H and O–H groups in total. The molecule has 0 amide bonds. The summed E-state index contributed by atoms with van der Waals surface area (Å²) < 4.78 is 10.9. The van der Waals surface area contributed by atoms with Crippen molar-refractivity contribution < 1.29 is 4.74 Å². The van der Waals surface area contributed by atoms with Gasteiger partial charge in [-0.05, 0) is 117 Å². The Morgan fingerprint density at radius 2 is 1.34 bits per heavy atom. The number of para-hydroxylation sites is 1. The van der Waals surface area contributed by atoms with Gasteiger partial charge in [-0.3, -0.25) is 4.57 Å². The second-order valence-electron chi connectivity index (χ2n) is 14.0. The minimum absolute atomic E-state index is 0.0115. The van der Waals surface area contributed by atoms with Crippen LogP contribution in [-0.2, 0) is 5.41 Å². The summed E-state index contributed by atoms with van der Waals surface area (Å²) in [7, 11) is 0. The maximum atomic E-state index is 6.63. The van der Waals surface area contributed by atoms with E-state index >= 15 is 0 Å². The first-order valence-corrected chi connectivity index (χ1v) is 16.3. The highest BCUT2D eigenvalue weighted by atomic mass is 16.5. The zero-order chi connectivity index (χ0) is 33.2. The Labute approximate surface area is 277 Å². The van der Waals surface area contributed by atoms with Crippen LogP contribution in [0, 0.1) is 41.5 Å². The molecule has 236 valence electrons. The summed E-state index contributed by atoms with van der Waals surface area (Å²) in [6, 6.07) is 30.0. The van der Waals surface area contributed by atoms with Crippen molar-refractivity contribution in [1.29, 1.82) is 0 Å². The van der Waals surface area contributed by atoms with Crippen molar-refractivity contribution in [3.63, 3.8) is 0 Å². The van der Waals surface area contributed by atoms with Gasteiger partial charge >= 0.3 is 0 Å². The molecule has 0 fully saturated rings. The number of rotatable bonds is 5. The SMILES string of the molecule is Cc1cc(Oc2ccc3c4ccccc4n(-c4cc(C(C)(C)C)ccn4)c3c2)cc(-n2nc(C)c(-c3c(C)cc(C)cc3C)c2C)c1. The van der Waals surface area contributed by atoms with Crippen LogP contribution in [0.3, 0.4) is 0 Å². The number of aryl methyl sites for hydroxylation is 5. The number of hydrogen-bond acceptors (Lipinski definition) is 3. The molecule has 0 aliphatic heterocycles. The Morgan fingerprint density at radius 3 is 2.09 bits per heavy atom. The lowest BCUT2D eigenvalue weighted by molar-refractivity contribution is 0.482. The molecule has 0 radical (unpaired) electrons. The second-order valence-corrected chi connectivity index (χ2v) is 14.0. The van der Waals surface area contributed by atoms with E-state index < -0.39 is 0 Å². The Kier molecular flexibility index (Phi) is 7.31. The molecular formula is C42H42N4O. The van der Waals surface area contributed by atoms with E-state index in [0.717, 1.165) is 56.4 Å². The summed E-state index contributed by atoms with van der Waals surface area (Å²) in [5.74, 6) is 2.44. The van der Waals surface area contributed by atoms with Gasteiger partial charge < -0.3 is 4.74 Å². The molecule has 0 spiro atoms. The van der Waals surface area contributed by atoms with Gasteiger partial charge in [0.15, 0.2) is 0 Å². The van der Waals surface area contributed by atoms with Crippen LogP contribution in [0.1, 0.15) is 60.0 Å². The monoisotopic (exact) mass is 618 g/mol. The molecule has 3 aromatic heterocycles. The van der Waals surface area contributed by atoms with Crippen LogP contribution < -0.4 is 4.74 Å². The smallest absolute Gasteiger partial charge is 0.137 e. The number of pyridine rings is 1. The van der Waals surface area contributed by atoms with E-state index in [0.29, 0.717) is 0 Å². The van der Waals surface area contributed by atoms with E-state index in [2.05, 4.69) is 156 Å². The highest BCUT2D eigenvalue weighted by Crippen LogP contribution is 2.38. The summed E-state index contributed by atoms with van der Waals surface area (Å²) in [5, 5.41) is 7.39. The van der Waals surface area contributed by atoms with E-state index in [1.807, 2.05) is 6.20 Å². The molecular weight excluding hydrogens is 576 g/mol. The van der Waals surface area contributed by atoms with E-state index in [-0.39, 0.29) is 5.41 Å². The maximum Gasteiger partial charge on any atom is 0.137 e. The number of ether oxygens (including phenoxy) is 1. The van der Waals surface area contributed by atoms with Crippen LogP contribution >= 0.6 is 0 Å². The van der Waals surface area contributed by atoms with Crippen molar-refractivity contribution in [2.75, 3.05) is 0 Å². The topological polar surface area (TPSA) is 44.9 Å². The van der Waals surface area contributed by atoms with Crippen LogP contribution in [0.25, 0.3) is 44.4 Å². The third kappa shape index (κ3) is 5.40. The van der Waals surface area contributed by atoms with Gasteiger partial charge in [-0.25, -0.2) is 9.67 Å². The lowest BCUT2D eigenvalue weighted by Gasteiger charge is -2.20. The molecule has 0 atom stereocenters. The van der Waals surface area contributed by atoms with Crippen LogP contribution in [-0.4, -0.2) is 19.3 Å². The summed E-state index contributed by atoms with van der Waals surface area (Å²) in [6.45, 7) is 19.6. The average molecular weight is 619 g/mol. The molecule has 0 unspecified atom stereocenters. The lowest BCUT2D eigenvalue weighted by atomic mass is 9.88. The van der Waals surface area contributed by atoms with Gasteiger partial charge in [0.05, 0.1) is 22.4 Å². The van der Waals surface area contributed by atoms with Crippen molar-refractivity contribution >= 4 is 21.8 Å². The largest absolute Gasteiger partial charge is 0.457 e. The zero-order valence-corrected chi connectivity index (χ0v) is 28.9. The molecule has 7 aromatic rings. The fraction of sp³-hybridized carbons (Fsp3) is 0.238. The summed E-state index contributed by atoms with van der Waals surface area (Å²) in [4.78, 5) is 4.83. The molecule has 5 nitrogen and oxygen atoms in total. The van der Waals surface area contributed by atoms with Crippen LogP contribution in [0.4, 0.5) is 0 Å². The Morgan fingerprint density at radius 1 is 0.638 bits per heavy atom. The molecule has 4 aromatic carbocycles. The van der Waals surface area contributed by atoms with Crippen molar-refractivity contribution in [2.45, 2.75) is 67.7 Å². The van der Waals surface area contributed by atoms with Crippen LogP contribution in [0.2, 0.25) is 0 Å². The Hall–Kier alpha value is -5.16. The zero-order valence-electron chi connectivity index (χ0n) is 28.9. The first-order chi connectivity index (χ1) is 22.4. The normalized spacial score (nSPS) is 11.9. The fourth-order valence-corrected chi connectivity index (χ4v) is 7.14. The van der Waals surface area contributed by atoms with E-state index in [9.17, 15) is 0 Å². The predicted octanol–water partition coefficient (Wildman–Crippen LogP) is 11.0. The van der Waals surface area contributed by atoms with Crippen LogP contribution in [0.15, 0.2) is 91.1 Å². The third-order valence-corrected chi connectivity index (χ3v) is 9.22. The summed E-state index contributed by atoms with van der Waals surface area (Å²) in [6.07, 6.45) is 1.91. The third-order valence-electron chi connectivity index (χ3n) is 9.22. The molecule has 5 heteroatoms. The Balaban J connectivity index is 1.31. The first kappa shape index (κ1) is 30.5. The highest BCUT2D eigenvalue weighted by Gasteiger charge is 2.20. The fourth-order valence-electron chi connectivity index (χ4n) is 7.14. The van der Waals surface area contributed by atoms with Gasteiger partial charge in [0.1, 0.15) is 17.3 Å². The average Bonchev–Trinajstić information content (AvgIpc) is 3.49. The number of fused-ring (bicyclic) bond motifs is 3. The van der Waals surface area contributed by atoms with Crippen molar-refractivity contribution in [3.05, 3.63) is 130 Å². The predicted molar refractivity (Wildman–Crippen MR) is 195 cm³/mol. The minimum Gasteiger partial charge on any atom is -0.457 e. The van der Waals surface area contributed by atoms with Crippen LogP contribution in [0.5, 0.6) is 11.5 Å². The van der Waals surface area contributed by atoms with Gasteiger partial charge in [-0.15, -0.1) is 0 Å². The molecule has 0 saturated heterocycles. The molecule has 0 saturated carbocycles. The number of hydrogen-bond donors (Lipinski definition) is 0. The number of aromatic nitrogens is 4. The number of benzene rings is 4. The standard InChI is InChI=1S/C42H42N4O/c1-25-18-27(3)40(28(4)19-25)41-29(5)44-46(30(41)6)32-20-26(2)21-34(23-32)47-33-14-15-36-35-12-10-11-13-37(35)45(38(36)24-33)39-22-31(16-17-43-39)42(7,8)9/h10-24H,1-9H3.